The fourth-order valence-corrected chi connectivity index (χ4v) is 9.05. The number of anilines is 3. The Morgan fingerprint density at radius 1 is 0.966 bits per heavy atom. The van der Waals surface area contributed by atoms with Crippen LogP contribution in [-0.2, 0) is 43.0 Å². The van der Waals surface area contributed by atoms with Crippen LogP contribution in [0, 0.1) is 11.6 Å². The molecule has 2 atom stereocenters. The minimum absolute atomic E-state index is 0.00632. The number of imide groups is 1. The number of nitrogens with zero attached hydrogens (tertiary/aromatic N) is 5. The number of amides is 4. The minimum Gasteiger partial charge on any atom is -0.487 e. The van der Waals surface area contributed by atoms with Crippen LogP contribution in [0.3, 0.4) is 0 Å². The Kier molecular flexibility index (Phi) is 9.88. The third-order valence-electron chi connectivity index (χ3n) is 10.7. The second kappa shape index (κ2) is 14.9. The summed E-state index contributed by atoms with van der Waals surface area (Å²) >= 11 is 0. The van der Waals surface area contributed by atoms with Gasteiger partial charge < -0.3 is 15.0 Å². The van der Waals surface area contributed by atoms with Crippen LogP contribution in [0.1, 0.15) is 31.4 Å². The van der Waals surface area contributed by atoms with Crippen LogP contribution in [-0.4, -0.2) is 84.8 Å². The number of piperidine rings is 1. The standard InChI is InChI=1S/C39H38F2N8O8S/c1-22-18-46(12-13-47(22)29-17-30-31(16-27(29)40)49(39(54)45(30)2)28-10-11-33(50)43-38(28)53)19-34(51)42-25-8-9-26-24(14-25)15-32(57-21-23-6-4-3-5-7-23)37(36(26)41)48-20-35(52)44-58(48,55)56/h3-9,14-17,22,28H,10-13,18-21H2,1-2H3,(H,42,51)(H,44,52)(H,43,50,53)/t22-,28?/m0/s1. The molecule has 5 aromatic rings. The highest BCUT2D eigenvalue weighted by Gasteiger charge is 2.39. The van der Waals surface area contributed by atoms with Crippen LogP contribution >= 0.6 is 0 Å². The van der Waals surface area contributed by atoms with E-state index in [1.165, 1.54) is 39.5 Å². The smallest absolute Gasteiger partial charge is 0.329 e. The number of hydrogen-bond acceptors (Lipinski definition) is 10. The number of imidazole rings is 1. The summed E-state index contributed by atoms with van der Waals surface area (Å²) in [5.74, 6) is -3.83. The van der Waals surface area contributed by atoms with Crippen LogP contribution in [0.15, 0.2) is 71.5 Å². The van der Waals surface area contributed by atoms with Crippen LogP contribution < -0.4 is 35.0 Å². The fourth-order valence-electron chi connectivity index (χ4n) is 7.89. The number of piperazine rings is 1. The molecule has 0 bridgehead atoms. The molecule has 8 rings (SSSR count). The Hall–Kier alpha value is -6.34. The first-order valence-corrected chi connectivity index (χ1v) is 19.9. The first kappa shape index (κ1) is 38.5. The highest BCUT2D eigenvalue weighted by atomic mass is 32.2. The van der Waals surface area contributed by atoms with Crippen molar-refractivity contribution in [2.45, 2.75) is 38.5 Å². The summed E-state index contributed by atoms with van der Waals surface area (Å²) in [4.78, 5) is 66.7. The van der Waals surface area contributed by atoms with Gasteiger partial charge in [0.1, 0.15) is 36.4 Å². The third-order valence-corrected chi connectivity index (χ3v) is 12.1. The van der Waals surface area contributed by atoms with Crippen molar-refractivity contribution in [1.82, 2.24) is 24.1 Å². The topological polar surface area (TPSA) is 184 Å². The number of halogens is 2. The lowest BCUT2D eigenvalue weighted by Crippen LogP contribution is -2.53. The Morgan fingerprint density at radius 2 is 1.74 bits per heavy atom. The summed E-state index contributed by atoms with van der Waals surface area (Å²) in [6.45, 7) is 2.39. The number of aryl methyl sites for hydroxylation is 1. The fraction of sp³-hybridized carbons (Fsp3) is 0.308. The van der Waals surface area contributed by atoms with E-state index < -0.39 is 63.5 Å². The molecule has 19 heteroatoms. The molecule has 3 aliphatic heterocycles. The van der Waals surface area contributed by atoms with Gasteiger partial charge in [0, 0.05) is 56.3 Å². The highest BCUT2D eigenvalue weighted by Crippen LogP contribution is 2.40. The molecule has 3 N–H and O–H groups in total. The third kappa shape index (κ3) is 7.10. The van der Waals surface area contributed by atoms with Crippen molar-refractivity contribution in [1.29, 1.82) is 0 Å². The number of nitrogens with one attached hydrogen (secondary N) is 3. The van der Waals surface area contributed by atoms with E-state index in [0.717, 1.165) is 5.56 Å². The second-order valence-corrected chi connectivity index (χ2v) is 16.2. The van der Waals surface area contributed by atoms with E-state index in [1.807, 2.05) is 27.5 Å². The molecule has 1 unspecified atom stereocenters. The highest BCUT2D eigenvalue weighted by molar-refractivity contribution is 7.92. The average molecular weight is 817 g/mol. The molecule has 0 spiro atoms. The van der Waals surface area contributed by atoms with Gasteiger partial charge in [0.25, 0.3) is 5.91 Å². The molecule has 3 aliphatic rings. The SMILES string of the molecule is C[C@H]1CN(CC(=O)Nc2ccc3c(F)c(N4CC(=O)NS4(=O)=O)c(OCc4ccccc4)cc3c2)CCN1c1cc2c(cc1F)n(C1CCC(=O)NC1=O)c(=O)n2C. The maximum Gasteiger partial charge on any atom is 0.329 e. The molecule has 3 saturated heterocycles. The maximum absolute atomic E-state index is 16.2. The van der Waals surface area contributed by atoms with Gasteiger partial charge in [-0.3, -0.25) is 38.5 Å². The van der Waals surface area contributed by atoms with Gasteiger partial charge in [-0.25, -0.2) is 22.6 Å². The lowest BCUT2D eigenvalue weighted by Gasteiger charge is -2.41. The normalized spacial score (nSPS) is 19.8. The second-order valence-electron chi connectivity index (χ2n) is 14.6. The predicted molar refractivity (Wildman–Crippen MR) is 210 cm³/mol. The zero-order chi connectivity index (χ0) is 41.0. The zero-order valence-electron chi connectivity index (χ0n) is 31.3. The molecule has 4 heterocycles. The minimum atomic E-state index is -4.37. The molecule has 1 aromatic heterocycles. The van der Waals surface area contributed by atoms with Gasteiger partial charge in [-0.2, -0.15) is 8.42 Å². The van der Waals surface area contributed by atoms with Crippen LogP contribution in [0.5, 0.6) is 5.75 Å². The van der Waals surface area contributed by atoms with E-state index in [0.29, 0.717) is 40.5 Å². The number of benzene rings is 4. The molecule has 0 radical (unpaired) electrons. The molecule has 3 fully saturated rings. The van der Waals surface area contributed by atoms with E-state index >= 15 is 8.78 Å². The average Bonchev–Trinajstić information content (AvgIpc) is 3.58. The van der Waals surface area contributed by atoms with Crippen molar-refractivity contribution in [3.63, 3.8) is 0 Å². The quantitative estimate of drug-likeness (QED) is 0.187. The number of carbonyl (C=O) groups excluding carboxylic acids is 4. The van der Waals surface area contributed by atoms with Crippen molar-refractivity contribution in [2.75, 3.05) is 47.2 Å². The Balaban J connectivity index is 0.974. The van der Waals surface area contributed by atoms with E-state index in [2.05, 4.69) is 10.6 Å². The molecule has 16 nitrogen and oxygen atoms in total. The lowest BCUT2D eigenvalue weighted by molar-refractivity contribution is -0.135. The monoisotopic (exact) mass is 816 g/mol. The number of ether oxygens (including phenoxy) is 1. The predicted octanol–water partition coefficient (Wildman–Crippen LogP) is 2.66. The number of fused-ring (bicyclic) bond motifs is 2. The van der Waals surface area contributed by atoms with Gasteiger partial charge in [0.05, 0.1) is 23.3 Å². The summed E-state index contributed by atoms with van der Waals surface area (Å²) in [5.41, 5.74) is 1.10. The molecule has 4 aromatic carbocycles. The zero-order valence-corrected chi connectivity index (χ0v) is 32.1. The molecule has 0 aliphatic carbocycles. The first-order chi connectivity index (χ1) is 27.7. The Labute approximate surface area is 330 Å². The van der Waals surface area contributed by atoms with Gasteiger partial charge in [-0.05, 0) is 54.6 Å². The Morgan fingerprint density at radius 3 is 2.45 bits per heavy atom. The van der Waals surface area contributed by atoms with Gasteiger partial charge in [0.15, 0.2) is 5.82 Å². The number of rotatable bonds is 9. The van der Waals surface area contributed by atoms with E-state index in [9.17, 15) is 32.4 Å². The summed E-state index contributed by atoms with van der Waals surface area (Å²) in [6, 6.07) is 16.5. The summed E-state index contributed by atoms with van der Waals surface area (Å²) in [7, 11) is -2.83. The molecular formula is C39H38F2N8O8S. The van der Waals surface area contributed by atoms with Crippen molar-refractivity contribution >= 4 is 72.7 Å². The molecular weight excluding hydrogens is 779 g/mol. The van der Waals surface area contributed by atoms with E-state index in [4.69, 9.17) is 4.74 Å². The Bertz CT molecular complexity index is 2700. The van der Waals surface area contributed by atoms with Crippen molar-refractivity contribution in [3.8, 4) is 5.75 Å². The van der Waals surface area contributed by atoms with Crippen LogP contribution in [0.2, 0.25) is 0 Å². The van der Waals surface area contributed by atoms with Gasteiger partial charge >= 0.3 is 15.9 Å². The van der Waals surface area contributed by atoms with Crippen molar-refractivity contribution in [3.05, 3.63) is 94.4 Å². The van der Waals surface area contributed by atoms with Gasteiger partial charge in [0.2, 0.25) is 17.7 Å². The van der Waals surface area contributed by atoms with Crippen LogP contribution in [0.25, 0.3) is 21.8 Å². The maximum atomic E-state index is 16.2. The van der Waals surface area contributed by atoms with E-state index in [-0.39, 0.29) is 60.3 Å². The summed E-state index contributed by atoms with van der Waals surface area (Å²) < 4.78 is 68.6. The summed E-state index contributed by atoms with van der Waals surface area (Å²) in [5, 5.41) is 5.44. The lowest BCUT2D eigenvalue weighted by atomic mass is 10.1. The number of hydrogen-bond donors (Lipinski definition) is 3. The molecule has 58 heavy (non-hydrogen) atoms. The largest absolute Gasteiger partial charge is 0.487 e. The van der Waals surface area contributed by atoms with Crippen molar-refractivity contribution in [2.24, 2.45) is 7.05 Å². The molecule has 4 amide bonds. The van der Waals surface area contributed by atoms with Gasteiger partial charge in [-0.15, -0.1) is 0 Å². The molecule has 302 valence electrons. The molecule has 0 saturated carbocycles. The van der Waals surface area contributed by atoms with Crippen molar-refractivity contribution < 1.29 is 41.1 Å². The van der Waals surface area contributed by atoms with Gasteiger partial charge in [-0.1, -0.05) is 30.3 Å². The number of aromatic nitrogens is 2. The summed E-state index contributed by atoms with van der Waals surface area (Å²) in [6.07, 6.45) is 0.187. The van der Waals surface area contributed by atoms with E-state index in [1.54, 1.807) is 37.4 Å². The number of carbonyl (C=O) groups is 4. The first-order valence-electron chi connectivity index (χ1n) is 18.5. The van der Waals surface area contributed by atoms with Crippen LogP contribution in [0.4, 0.5) is 25.8 Å².